The number of hydrogen-bond donors (Lipinski definition) is 1. The maximum atomic E-state index is 13.7. The van der Waals surface area contributed by atoms with Crippen molar-refractivity contribution in [3.05, 3.63) is 29.8 Å². The Morgan fingerprint density at radius 2 is 1.95 bits per heavy atom. The summed E-state index contributed by atoms with van der Waals surface area (Å²) in [6.07, 6.45) is 2.70. The molecule has 0 spiro atoms. The molecule has 1 aromatic carbocycles. The molecular weight excluding hydrogens is 260 g/mol. The van der Waals surface area contributed by atoms with E-state index in [1.807, 2.05) is 0 Å². The number of halogens is 2. The second-order valence-corrected chi connectivity index (χ2v) is 5.44. The Morgan fingerprint density at radius 1 is 1.25 bits per heavy atom. The van der Waals surface area contributed by atoms with Crippen molar-refractivity contribution in [3.63, 3.8) is 0 Å². The summed E-state index contributed by atoms with van der Waals surface area (Å²) in [7, 11) is 0. The van der Waals surface area contributed by atoms with Crippen LogP contribution in [-0.2, 0) is 0 Å². The average Bonchev–Trinajstić information content (AvgIpc) is 2.44. The fourth-order valence-electron chi connectivity index (χ4n) is 3.37. The van der Waals surface area contributed by atoms with Crippen LogP contribution in [0.25, 0.3) is 0 Å². The normalized spacial score (nSPS) is 24.2. The van der Waals surface area contributed by atoms with E-state index >= 15 is 0 Å². The van der Waals surface area contributed by atoms with Crippen molar-refractivity contribution >= 4 is 0 Å². The van der Waals surface area contributed by atoms with Crippen molar-refractivity contribution < 1.29 is 13.5 Å². The molecule has 0 aliphatic heterocycles. The molecule has 2 nitrogen and oxygen atoms in total. The van der Waals surface area contributed by atoms with E-state index in [4.69, 9.17) is 4.74 Å². The molecule has 0 bridgehead atoms. The summed E-state index contributed by atoms with van der Waals surface area (Å²) in [4.78, 5) is 0. The van der Waals surface area contributed by atoms with Gasteiger partial charge in [-0.1, -0.05) is 26.8 Å². The summed E-state index contributed by atoms with van der Waals surface area (Å²) >= 11 is 0. The second-order valence-electron chi connectivity index (χ2n) is 5.44. The van der Waals surface area contributed by atoms with Crippen LogP contribution in [0.15, 0.2) is 18.2 Å². The molecule has 0 aromatic heterocycles. The molecule has 1 aliphatic carbocycles. The lowest BCUT2D eigenvalue weighted by atomic mass is 9.58. The van der Waals surface area contributed by atoms with Crippen LogP contribution in [0.5, 0.6) is 5.75 Å². The molecule has 1 aromatic rings. The van der Waals surface area contributed by atoms with Gasteiger partial charge in [-0.3, -0.25) is 0 Å². The molecule has 1 saturated carbocycles. The fraction of sp³-hybridized carbons (Fsp3) is 0.625. The standard InChI is InChI=1S/C16H23F2NO/c1-4-16(5-2)13(19-6-3)10-14(16)20-12-9-7-8-11(17)15(12)18/h7-9,13-14,19H,4-6,10H2,1-3H3. The molecular formula is C16H23F2NO. The van der Waals surface area contributed by atoms with Gasteiger partial charge in [0.25, 0.3) is 0 Å². The first-order valence-electron chi connectivity index (χ1n) is 7.43. The number of ether oxygens (including phenoxy) is 1. The first kappa shape index (κ1) is 15.2. The molecule has 20 heavy (non-hydrogen) atoms. The third kappa shape index (κ3) is 2.41. The zero-order valence-electron chi connectivity index (χ0n) is 12.4. The van der Waals surface area contributed by atoms with E-state index in [0.29, 0.717) is 6.04 Å². The van der Waals surface area contributed by atoms with Gasteiger partial charge < -0.3 is 10.1 Å². The van der Waals surface area contributed by atoms with Crippen LogP contribution in [0.2, 0.25) is 0 Å². The minimum absolute atomic E-state index is 0.00870. The molecule has 1 N–H and O–H groups in total. The predicted molar refractivity (Wildman–Crippen MR) is 75.9 cm³/mol. The largest absolute Gasteiger partial charge is 0.487 e. The van der Waals surface area contributed by atoms with Crippen LogP contribution >= 0.6 is 0 Å². The molecule has 112 valence electrons. The molecule has 2 unspecified atom stereocenters. The monoisotopic (exact) mass is 283 g/mol. The zero-order valence-corrected chi connectivity index (χ0v) is 12.4. The Hall–Kier alpha value is -1.16. The van der Waals surface area contributed by atoms with E-state index < -0.39 is 11.6 Å². The van der Waals surface area contributed by atoms with E-state index in [-0.39, 0.29) is 17.3 Å². The van der Waals surface area contributed by atoms with Gasteiger partial charge in [0.2, 0.25) is 5.82 Å². The molecule has 2 atom stereocenters. The second kappa shape index (κ2) is 6.08. The minimum atomic E-state index is -0.888. The quantitative estimate of drug-likeness (QED) is 0.855. The van der Waals surface area contributed by atoms with Crippen LogP contribution in [0.4, 0.5) is 8.78 Å². The molecule has 0 saturated heterocycles. The summed E-state index contributed by atoms with van der Waals surface area (Å²) in [5, 5.41) is 3.47. The molecule has 4 heteroatoms. The minimum Gasteiger partial charge on any atom is -0.487 e. The van der Waals surface area contributed by atoms with Gasteiger partial charge in [-0.05, 0) is 31.5 Å². The highest BCUT2D eigenvalue weighted by molar-refractivity contribution is 5.26. The Kier molecular flexibility index (Phi) is 4.63. The van der Waals surface area contributed by atoms with E-state index in [1.54, 1.807) is 0 Å². The lowest BCUT2D eigenvalue weighted by Gasteiger charge is -2.55. The highest BCUT2D eigenvalue weighted by Gasteiger charge is 2.54. The van der Waals surface area contributed by atoms with Crippen molar-refractivity contribution in [2.24, 2.45) is 5.41 Å². The highest BCUT2D eigenvalue weighted by atomic mass is 19.2. The maximum Gasteiger partial charge on any atom is 0.200 e. The summed E-state index contributed by atoms with van der Waals surface area (Å²) in [5.74, 6) is -1.72. The van der Waals surface area contributed by atoms with E-state index in [1.165, 1.54) is 12.1 Å². The van der Waals surface area contributed by atoms with Crippen molar-refractivity contribution in [3.8, 4) is 5.75 Å². The number of hydrogen-bond acceptors (Lipinski definition) is 2. The van der Waals surface area contributed by atoms with Gasteiger partial charge in [0.1, 0.15) is 6.10 Å². The molecule has 0 amide bonds. The Labute approximate surface area is 119 Å². The number of rotatable bonds is 6. The maximum absolute atomic E-state index is 13.7. The van der Waals surface area contributed by atoms with Crippen LogP contribution in [0.1, 0.15) is 40.0 Å². The van der Waals surface area contributed by atoms with Crippen molar-refractivity contribution in [2.75, 3.05) is 6.54 Å². The molecule has 2 rings (SSSR count). The van der Waals surface area contributed by atoms with Gasteiger partial charge in [-0.2, -0.15) is 4.39 Å². The molecule has 1 fully saturated rings. The summed E-state index contributed by atoms with van der Waals surface area (Å²) in [5.41, 5.74) is 0.00870. The van der Waals surface area contributed by atoms with Gasteiger partial charge in [0.05, 0.1) is 0 Å². The number of benzene rings is 1. The van der Waals surface area contributed by atoms with Crippen molar-refractivity contribution in [2.45, 2.75) is 52.2 Å². The van der Waals surface area contributed by atoms with Crippen LogP contribution in [0, 0.1) is 17.0 Å². The SMILES string of the molecule is CCNC1CC(Oc2cccc(F)c2F)C1(CC)CC. The lowest BCUT2D eigenvalue weighted by molar-refractivity contribution is -0.0869. The fourth-order valence-corrected chi connectivity index (χ4v) is 3.37. The topological polar surface area (TPSA) is 21.3 Å². The van der Waals surface area contributed by atoms with Gasteiger partial charge >= 0.3 is 0 Å². The van der Waals surface area contributed by atoms with E-state index in [2.05, 4.69) is 26.1 Å². The summed E-state index contributed by atoms with van der Waals surface area (Å²) < 4.78 is 32.7. The van der Waals surface area contributed by atoms with Crippen molar-refractivity contribution in [1.29, 1.82) is 0 Å². The zero-order chi connectivity index (χ0) is 14.8. The van der Waals surface area contributed by atoms with Crippen molar-refractivity contribution in [1.82, 2.24) is 5.32 Å². The van der Waals surface area contributed by atoms with Crippen LogP contribution in [-0.4, -0.2) is 18.7 Å². The first-order chi connectivity index (χ1) is 9.58. The predicted octanol–water partition coefficient (Wildman–Crippen LogP) is 3.90. The molecule has 0 heterocycles. The van der Waals surface area contributed by atoms with Gasteiger partial charge in [-0.15, -0.1) is 0 Å². The van der Waals surface area contributed by atoms with Gasteiger partial charge in [0, 0.05) is 17.9 Å². The first-order valence-corrected chi connectivity index (χ1v) is 7.43. The van der Waals surface area contributed by atoms with Gasteiger partial charge in [0.15, 0.2) is 11.6 Å². The summed E-state index contributed by atoms with van der Waals surface area (Å²) in [6, 6.07) is 4.48. The lowest BCUT2D eigenvalue weighted by Crippen LogP contribution is -2.64. The number of nitrogens with one attached hydrogen (secondary N) is 1. The van der Waals surface area contributed by atoms with Crippen LogP contribution < -0.4 is 10.1 Å². The third-order valence-electron chi connectivity index (χ3n) is 4.74. The smallest absolute Gasteiger partial charge is 0.200 e. The van der Waals surface area contributed by atoms with E-state index in [9.17, 15) is 8.78 Å². The summed E-state index contributed by atoms with van der Waals surface area (Å²) in [6.45, 7) is 7.25. The Bertz CT molecular complexity index is 460. The van der Waals surface area contributed by atoms with E-state index in [0.717, 1.165) is 31.9 Å². The molecule has 0 radical (unpaired) electrons. The highest BCUT2D eigenvalue weighted by Crippen LogP contribution is 2.49. The average molecular weight is 283 g/mol. The Balaban J connectivity index is 2.15. The van der Waals surface area contributed by atoms with Gasteiger partial charge in [-0.25, -0.2) is 4.39 Å². The third-order valence-corrected chi connectivity index (χ3v) is 4.74. The van der Waals surface area contributed by atoms with Crippen LogP contribution in [0.3, 0.4) is 0 Å². The Morgan fingerprint density at radius 3 is 2.55 bits per heavy atom. The molecule has 1 aliphatic rings.